The first kappa shape index (κ1) is 26.2. The molecule has 0 amide bonds. The van der Waals surface area contributed by atoms with Crippen LogP contribution < -0.4 is 5.56 Å². The molecule has 2 aromatic heterocycles. The minimum Gasteiger partial charge on any atom is -0.376 e. The number of halogens is 1. The van der Waals surface area contributed by atoms with E-state index in [1.54, 1.807) is 12.1 Å². The van der Waals surface area contributed by atoms with Gasteiger partial charge in [0, 0.05) is 36.2 Å². The predicted octanol–water partition coefficient (Wildman–Crippen LogP) is 4.85. The van der Waals surface area contributed by atoms with Gasteiger partial charge in [-0.3, -0.25) is 9.69 Å². The summed E-state index contributed by atoms with van der Waals surface area (Å²) in [7, 11) is 0. The third-order valence-electron chi connectivity index (χ3n) is 7.31. The molecule has 1 aliphatic heterocycles. The van der Waals surface area contributed by atoms with Crippen molar-refractivity contribution in [3.05, 3.63) is 86.7 Å². The number of nitrogens with zero attached hydrogens (tertiary/aromatic N) is 5. The topological polar surface area (TPSA) is 88.9 Å². The Hall–Kier alpha value is -3.43. The van der Waals surface area contributed by atoms with E-state index >= 15 is 0 Å². The summed E-state index contributed by atoms with van der Waals surface area (Å²) in [6.07, 6.45) is 2.11. The highest BCUT2D eigenvalue weighted by Crippen LogP contribution is 2.31. The van der Waals surface area contributed by atoms with Gasteiger partial charge in [0.15, 0.2) is 5.82 Å². The van der Waals surface area contributed by atoms with E-state index < -0.39 is 0 Å². The van der Waals surface area contributed by atoms with Crippen molar-refractivity contribution in [2.24, 2.45) is 5.92 Å². The van der Waals surface area contributed by atoms with Gasteiger partial charge in [-0.1, -0.05) is 32.0 Å². The highest BCUT2D eigenvalue weighted by Gasteiger charge is 2.31. The number of benzene rings is 2. The Labute approximate surface area is 221 Å². The Morgan fingerprint density at radius 3 is 2.66 bits per heavy atom. The number of pyridine rings is 1. The van der Waals surface area contributed by atoms with Crippen LogP contribution in [0.2, 0.25) is 0 Å². The maximum absolute atomic E-state index is 13.7. The lowest BCUT2D eigenvalue weighted by Crippen LogP contribution is -2.36. The molecule has 1 aliphatic rings. The molecular weight excluding hydrogens is 483 g/mol. The van der Waals surface area contributed by atoms with Gasteiger partial charge >= 0.3 is 0 Å². The third kappa shape index (κ3) is 5.68. The van der Waals surface area contributed by atoms with Gasteiger partial charge in [-0.15, -0.1) is 5.10 Å². The molecule has 0 unspecified atom stereocenters. The first-order valence-electron chi connectivity index (χ1n) is 13.3. The van der Waals surface area contributed by atoms with Gasteiger partial charge < -0.3 is 9.72 Å². The quantitative estimate of drug-likeness (QED) is 0.341. The van der Waals surface area contributed by atoms with Gasteiger partial charge in [0.1, 0.15) is 5.82 Å². The summed E-state index contributed by atoms with van der Waals surface area (Å²) in [5.41, 5.74) is 4.54. The summed E-state index contributed by atoms with van der Waals surface area (Å²) in [6.45, 7) is 10.6. The van der Waals surface area contributed by atoms with E-state index in [-0.39, 0.29) is 29.4 Å². The van der Waals surface area contributed by atoms with E-state index in [0.717, 1.165) is 52.9 Å². The predicted molar refractivity (Wildman–Crippen MR) is 144 cm³/mol. The van der Waals surface area contributed by atoms with E-state index in [2.05, 4.69) is 52.2 Å². The molecule has 8 nitrogen and oxygen atoms in total. The zero-order valence-electron chi connectivity index (χ0n) is 22.4. The Kier molecular flexibility index (Phi) is 7.67. The normalized spacial score (nSPS) is 16.7. The van der Waals surface area contributed by atoms with Crippen LogP contribution in [-0.2, 0) is 24.4 Å². The summed E-state index contributed by atoms with van der Waals surface area (Å²) in [6, 6.07) is 12.4. The van der Waals surface area contributed by atoms with Crippen molar-refractivity contribution < 1.29 is 9.13 Å². The van der Waals surface area contributed by atoms with Gasteiger partial charge in [0.2, 0.25) is 0 Å². The van der Waals surface area contributed by atoms with Crippen LogP contribution in [0.3, 0.4) is 0 Å². The van der Waals surface area contributed by atoms with Gasteiger partial charge in [0.05, 0.1) is 18.7 Å². The van der Waals surface area contributed by atoms with Crippen molar-refractivity contribution in [2.45, 2.75) is 72.3 Å². The van der Waals surface area contributed by atoms with Crippen LogP contribution in [0.4, 0.5) is 4.39 Å². The molecule has 5 rings (SSSR count). The maximum Gasteiger partial charge on any atom is 0.252 e. The number of rotatable bonds is 9. The monoisotopic (exact) mass is 518 g/mol. The second-order valence-electron chi connectivity index (χ2n) is 10.7. The van der Waals surface area contributed by atoms with Crippen molar-refractivity contribution in [2.75, 3.05) is 6.61 Å². The molecule has 2 atom stereocenters. The first-order valence-corrected chi connectivity index (χ1v) is 13.3. The van der Waals surface area contributed by atoms with Crippen molar-refractivity contribution in [3.63, 3.8) is 0 Å². The van der Waals surface area contributed by atoms with Gasteiger partial charge in [-0.05, 0) is 84.0 Å². The van der Waals surface area contributed by atoms with E-state index in [1.807, 2.05) is 23.7 Å². The number of aryl methyl sites for hydroxylation is 2. The largest absolute Gasteiger partial charge is 0.376 e. The van der Waals surface area contributed by atoms with Crippen LogP contribution in [0.1, 0.15) is 60.8 Å². The molecule has 2 aromatic carbocycles. The van der Waals surface area contributed by atoms with Crippen LogP contribution in [0.15, 0.2) is 47.3 Å². The van der Waals surface area contributed by atoms with Crippen molar-refractivity contribution in [1.82, 2.24) is 30.1 Å². The first-order chi connectivity index (χ1) is 18.3. The van der Waals surface area contributed by atoms with Gasteiger partial charge in [-0.25, -0.2) is 9.07 Å². The van der Waals surface area contributed by atoms with E-state index in [9.17, 15) is 9.18 Å². The summed E-state index contributed by atoms with van der Waals surface area (Å²) >= 11 is 0. The van der Waals surface area contributed by atoms with Crippen molar-refractivity contribution in [1.29, 1.82) is 0 Å². The number of tetrazole rings is 1. The average molecular weight is 519 g/mol. The Balaban J connectivity index is 1.55. The number of hydrogen-bond donors (Lipinski definition) is 1. The van der Waals surface area contributed by atoms with E-state index in [1.165, 1.54) is 12.1 Å². The van der Waals surface area contributed by atoms with Crippen molar-refractivity contribution in [3.8, 4) is 0 Å². The van der Waals surface area contributed by atoms with Crippen LogP contribution in [0.5, 0.6) is 0 Å². The van der Waals surface area contributed by atoms with Gasteiger partial charge in [-0.2, -0.15) is 0 Å². The lowest BCUT2D eigenvalue weighted by molar-refractivity contribution is 0.0851. The summed E-state index contributed by atoms with van der Waals surface area (Å²) in [5, 5.41) is 13.8. The number of fused-ring (bicyclic) bond motifs is 1. The molecule has 0 bridgehead atoms. The van der Waals surface area contributed by atoms with Crippen molar-refractivity contribution >= 4 is 10.9 Å². The fourth-order valence-corrected chi connectivity index (χ4v) is 5.55. The molecule has 9 heteroatoms. The number of hydrogen-bond acceptors (Lipinski definition) is 6. The molecule has 4 aromatic rings. The highest BCUT2D eigenvalue weighted by molar-refractivity contribution is 5.83. The minimum atomic E-state index is -0.280. The van der Waals surface area contributed by atoms with E-state index in [4.69, 9.17) is 4.74 Å². The molecule has 1 fully saturated rings. The second-order valence-corrected chi connectivity index (χ2v) is 10.7. The smallest absolute Gasteiger partial charge is 0.252 e. The Bertz CT molecular complexity index is 1460. The van der Waals surface area contributed by atoms with E-state index in [0.29, 0.717) is 25.2 Å². The minimum absolute atomic E-state index is 0.0883. The summed E-state index contributed by atoms with van der Waals surface area (Å²) in [4.78, 5) is 18.6. The number of aromatic amines is 1. The van der Waals surface area contributed by atoms with Gasteiger partial charge in [0.25, 0.3) is 5.56 Å². The summed E-state index contributed by atoms with van der Waals surface area (Å²) in [5.74, 6) is 0.591. The fourth-order valence-electron chi connectivity index (χ4n) is 5.55. The molecule has 0 aliphatic carbocycles. The van der Waals surface area contributed by atoms with Crippen LogP contribution >= 0.6 is 0 Å². The SMILES string of the molecule is Cc1cc(C)c2cc(CN(Cc3ccc(F)cc3)[C@@H](c3nnnn3C[C@@H]3CCCO3)C(C)C)c(=O)[nH]c2c1. The summed E-state index contributed by atoms with van der Waals surface area (Å²) < 4.78 is 21.4. The molecule has 0 saturated carbocycles. The molecule has 1 N–H and O–H groups in total. The molecule has 38 heavy (non-hydrogen) atoms. The molecule has 0 radical (unpaired) electrons. The number of H-pyrrole nitrogens is 1. The molecule has 0 spiro atoms. The molecular formula is C29H35FN6O2. The number of nitrogens with one attached hydrogen (secondary N) is 1. The third-order valence-corrected chi connectivity index (χ3v) is 7.31. The number of ether oxygens (including phenoxy) is 1. The standard InChI is InChI=1S/C29H35FN6O2/c1-18(2)27(28-32-33-34-36(28)17-24-6-5-11-38-24)35(15-21-7-9-23(30)10-8-21)16-22-14-25-20(4)12-19(3)13-26(25)31-29(22)37/h7-10,12-14,18,24,27H,5-6,11,15-17H2,1-4H3,(H,31,37)/t24-,27+/m0/s1. The Morgan fingerprint density at radius 1 is 1.16 bits per heavy atom. The zero-order valence-corrected chi connectivity index (χ0v) is 22.4. The lowest BCUT2D eigenvalue weighted by Gasteiger charge is -2.33. The lowest BCUT2D eigenvalue weighted by atomic mass is 9.99. The van der Waals surface area contributed by atoms with Crippen LogP contribution in [-0.4, -0.2) is 42.8 Å². The van der Waals surface area contributed by atoms with Crippen LogP contribution in [0, 0.1) is 25.6 Å². The highest BCUT2D eigenvalue weighted by atomic mass is 19.1. The molecule has 200 valence electrons. The Morgan fingerprint density at radius 2 is 1.95 bits per heavy atom. The number of aromatic nitrogens is 5. The zero-order chi connectivity index (χ0) is 26.8. The molecule has 1 saturated heterocycles. The molecule has 3 heterocycles. The fraction of sp³-hybridized carbons (Fsp3) is 0.448. The average Bonchev–Trinajstić information content (AvgIpc) is 3.54. The van der Waals surface area contributed by atoms with Crippen LogP contribution in [0.25, 0.3) is 10.9 Å². The maximum atomic E-state index is 13.7. The second kappa shape index (κ2) is 11.1.